The van der Waals surface area contributed by atoms with E-state index in [-0.39, 0.29) is 5.91 Å². The Hall–Kier alpha value is -3.18. The summed E-state index contributed by atoms with van der Waals surface area (Å²) in [6.45, 7) is 3.59. The third-order valence-electron chi connectivity index (χ3n) is 4.37. The van der Waals surface area contributed by atoms with E-state index >= 15 is 0 Å². The fourth-order valence-corrected chi connectivity index (χ4v) is 3.46. The fourth-order valence-electron chi connectivity index (χ4n) is 2.50. The lowest BCUT2D eigenvalue weighted by Gasteiger charge is -2.22. The average Bonchev–Trinajstić information content (AvgIpc) is 3.21. The minimum atomic E-state index is -0.897. The first-order chi connectivity index (χ1) is 13.6. The molecule has 0 fully saturated rings. The SMILES string of the molecule is CCC(C)(C#N)NC(=O)c1ccccc1SCc1nnnn1-c1ccccc1. The summed E-state index contributed by atoms with van der Waals surface area (Å²) >= 11 is 1.48. The van der Waals surface area contributed by atoms with Crippen LogP contribution in [0.4, 0.5) is 0 Å². The molecule has 1 heterocycles. The van der Waals surface area contributed by atoms with E-state index in [0.717, 1.165) is 10.6 Å². The summed E-state index contributed by atoms with van der Waals surface area (Å²) in [5, 5.41) is 24.1. The fraction of sp³-hybridized carbons (Fsp3) is 0.250. The van der Waals surface area contributed by atoms with Gasteiger partial charge >= 0.3 is 0 Å². The number of tetrazole rings is 1. The molecule has 1 amide bonds. The second-order valence-electron chi connectivity index (χ2n) is 6.38. The van der Waals surface area contributed by atoms with Gasteiger partial charge in [0.1, 0.15) is 5.54 Å². The Morgan fingerprint density at radius 3 is 2.64 bits per heavy atom. The number of hydrogen-bond donors (Lipinski definition) is 1. The van der Waals surface area contributed by atoms with Crippen LogP contribution < -0.4 is 5.32 Å². The molecule has 0 saturated carbocycles. The van der Waals surface area contributed by atoms with Gasteiger partial charge in [0.25, 0.3) is 5.91 Å². The van der Waals surface area contributed by atoms with E-state index in [1.165, 1.54) is 11.8 Å². The van der Waals surface area contributed by atoms with E-state index in [9.17, 15) is 10.1 Å². The van der Waals surface area contributed by atoms with Gasteiger partial charge in [0.15, 0.2) is 5.82 Å². The lowest BCUT2D eigenvalue weighted by atomic mass is 10.0. The number of hydrogen-bond acceptors (Lipinski definition) is 6. The Bertz CT molecular complexity index is 997. The molecule has 8 heteroatoms. The van der Waals surface area contributed by atoms with Gasteiger partial charge in [0.05, 0.1) is 23.1 Å². The molecule has 3 aromatic rings. The number of rotatable bonds is 7. The van der Waals surface area contributed by atoms with Gasteiger partial charge < -0.3 is 5.32 Å². The van der Waals surface area contributed by atoms with Gasteiger partial charge in [-0.05, 0) is 48.0 Å². The molecule has 1 atom stereocenters. The molecule has 142 valence electrons. The number of carbonyl (C=O) groups excluding carboxylic acids is 1. The Morgan fingerprint density at radius 1 is 1.21 bits per heavy atom. The molecular weight excluding hydrogens is 372 g/mol. The maximum absolute atomic E-state index is 12.7. The molecule has 1 unspecified atom stereocenters. The lowest BCUT2D eigenvalue weighted by molar-refractivity contribution is 0.0920. The van der Waals surface area contributed by atoms with Crippen molar-refractivity contribution in [1.29, 1.82) is 5.26 Å². The highest BCUT2D eigenvalue weighted by atomic mass is 32.2. The van der Waals surface area contributed by atoms with Crippen LogP contribution in [-0.4, -0.2) is 31.7 Å². The van der Waals surface area contributed by atoms with Crippen molar-refractivity contribution < 1.29 is 4.79 Å². The minimum absolute atomic E-state index is 0.267. The Kier molecular flexibility index (Phi) is 6.06. The van der Waals surface area contributed by atoms with Gasteiger partial charge in [-0.1, -0.05) is 37.3 Å². The Morgan fingerprint density at radius 2 is 1.93 bits per heavy atom. The zero-order chi connectivity index (χ0) is 20.0. The first-order valence-electron chi connectivity index (χ1n) is 8.84. The molecule has 2 aromatic carbocycles. The normalized spacial score (nSPS) is 12.8. The number of nitrogens with one attached hydrogen (secondary N) is 1. The number of para-hydroxylation sites is 1. The summed E-state index contributed by atoms with van der Waals surface area (Å²) in [6.07, 6.45) is 0.524. The number of amides is 1. The quantitative estimate of drug-likeness (QED) is 0.619. The molecule has 0 aliphatic rings. The number of aromatic nitrogens is 4. The molecule has 0 spiro atoms. The second-order valence-corrected chi connectivity index (χ2v) is 7.40. The maximum Gasteiger partial charge on any atom is 0.253 e. The molecule has 0 saturated heterocycles. The largest absolute Gasteiger partial charge is 0.334 e. The predicted molar refractivity (Wildman–Crippen MR) is 107 cm³/mol. The number of benzene rings is 2. The predicted octanol–water partition coefficient (Wildman–Crippen LogP) is 3.38. The first kappa shape index (κ1) is 19.6. The first-order valence-corrected chi connectivity index (χ1v) is 9.83. The van der Waals surface area contributed by atoms with Crippen LogP contribution in [0.25, 0.3) is 5.69 Å². The van der Waals surface area contributed by atoms with Crippen molar-refractivity contribution in [1.82, 2.24) is 25.5 Å². The highest BCUT2D eigenvalue weighted by molar-refractivity contribution is 7.98. The molecular formula is C20H20N6OS. The molecule has 1 aromatic heterocycles. The molecule has 28 heavy (non-hydrogen) atoms. The molecule has 7 nitrogen and oxygen atoms in total. The van der Waals surface area contributed by atoms with Crippen molar-refractivity contribution in [2.45, 2.75) is 36.5 Å². The van der Waals surface area contributed by atoms with Gasteiger partial charge in [-0.15, -0.1) is 16.9 Å². The smallest absolute Gasteiger partial charge is 0.253 e. The highest BCUT2D eigenvalue weighted by Crippen LogP contribution is 2.26. The van der Waals surface area contributed by atoms with Gasteiger partial charge in [0.2, 0.25) is 0 Å². The summed E-state index contributed by atoms with van der Waals surface area (Å²) in [6, 6.07) is 19.1. The summed E-state index contributed by atoms with van der Waals surface area (Å²) in [5.41, 5.74) is 0.509. The topological polar surface area (TPSA) is 96.5 Å². The molecule has 3 rings (SSSR count). The maximum atomic E-state index is 12.7. The van der Waals surface area contributed by atoms with Crippen LogP contribution >= 0.6 is 11.8 Å². The average molecular weight is 392 g/mol. The van der Waals surface area contributed by atoms with E-state index in [0.29, 0.717) is 23.6 Å². The van der Waals surface area contributed by atoms with Gasteiger partial charge in [-0.2, -0.15) is 9.94 Å². The van der Waals surface area contributed by atoms with Crippen LogP contribution in [0.5, 0.6) is 0 Å². The third-order valence-corrected chi connectivity index (χ3v) is 5.44. The lowest BCUT2D eigenvalue weighted by Crippen LogP contribution is -2.44. The molecule has 0 aliphatic carbocycles. The Balaban J connectivity index is 1.78. The van der Waals surface area contributed by atoms with E-state index in [4.69, 9.17) is 0 Å². The van der Waals surface area contributed by atoms with Crippen molar-refractivity contribution in [2.75, 3.05) is 0 Å². The van der Waals surface area contributed by atoms with E-state index in [2.05, 4.69) is 26.9 Å². The van der Waals surface area contributed by atoms with Gasteiger partial charge in [0, 0.05) is 4.90 Å². The van der Waals surface area contributed by atoms with Crippen LogP contribution in [0.2, 0.25) is 0 Å². The number of thioether (sulfide) groups is 1. The zero-order valence-corrected chi connectivity index (χ0v) is 16.5. The zero-order valence-electron chi connectivity index (χ0n) is 15.7. The van der Waals surface area contributed by atoms with Crippen LogP contribution in [0.15, 0.2) is 59.5 Å². The van der Waals surface area contributed by atoms with E-state index in [1.54, 1.807) is 17.7 Å². The number of nitrogens with zero attached hydrogens (tertiary/aromatic N) is 5. The Labute approximate surface area is 167 Å². The molecule has 1 N–H and O–H groups in total. The summed E-state index contributed by atoms with van der Waals surface area (Å²) in [4.78, 5) is 13.5. The second kappa shape index (κ2) is 8.67. The molecule has 0 bridgehead atoms. The molecule has 0 radical (unpaired) electrons. The van der Waals surface area contributed by atoms with Crippen molar-refractivity contribution in [3.8, 4) is 11.8 Å². The van der Waals surface area contributed by atoms with Crippen LogP contribution in [0.3, 0.4) is 0 Å². The van der Waals surface area contributed by atoms with Gasteiger partial charge in [-0.25, -0.2) is 0 Å². The van der Waals surface area contributed by atoms with Crippen molar-refractivity contribution in [3.05, 3.63) is 66.0 Å². The highest BCUT2D eigenvalue weighted by Gasteiger charge is 2.25. The van der Waals surface area contributed by atoms with E-state index < -0.39 is 5.54 Å². The number of carbonyl (C=O) groups is 1. The van der Waals surface area contributed by atoms with Gasteiger partial charge in [-0.3, -0.25) is 4.79 Å². The van der Waals surface area contributed by atoms with Crippen LogP contribution in [0.1, 0.15) is 36.5 Å². The van der Waals surface area contributed by atoms with E-state index in [1.807, 2.05) is 55.5 Å². The van der Waals surface area contributed by atoms with Crippen molar-refractivity contribution in [3.63, 3.8) is 0 Å². The summed E-state index contributed by atoms with van der Waals surface area (Å²) in [5.74, 6) is 0.911. The number of nitriles is 1. The van der Waals surface area contributed by atoms with Crippen LogP contribution in [-0.2, 0) is 5.75 Å². The molecule has 0 aliphatic heterocycles. The monoisotopic (exact) mass is 392 g/mol. The summed E-state index contributed by atoms with van der Waals surface area (Å²) in [7, 11) is 0. The minimum Gasteiger partial charge on any atom is -0.334 e. The van der Waals surface area contributed by atoms with Crippen molar-refractivity contribution >= 4 is 17.7 Å². The standard InChI is InChI=1S/C20H20N6OS/c1-3-20(2,14-21)22-19(27)16-11-7-8-12-17(16)28-13-18-23-24-25-26(18)15-9-5-4-6-10-15/h4-12H,3,13H2,1-2H3,(H,22,27). The van der Waals surface area contributed by atoms with Crippen LogP contribution in [0, 0.1) is 11.3 Å². The van der Waals surface area contributed by atoms with Crippen molar-refractivity contribution in [2.24, 2.45) is 0 Å². The summed E-state index contributed by atoms with van der Waals surface area (Å²) < 4.78 is 1.68. The third kappa shape index (κ3) is 4.38.